The second-order valence-corrected chi connectivity index (χ2v) is 0. The van der Waals surface area contributed by atoms with Crippen LogP contribution >= 0.6 is 37.2 Å². The monoisotopic (exact) mass is 278 g/mol. The van der Waals surface area contributed by atoms with Crippen molar-refractivity contribution in [3.63, 3.8) is 0 Å². The van der Waals surface area contributed by atoms with Gasteiger partial charge in [0.15, 0.2) is 0 Å². The van der Waals surface area contributed by atoms with Gasteiger partial charge in [0.05, 0.1) is 0 Å². The zero-order valence-corrected chi connectivity index (χ0v) is 10.0. The molecule has 0 unspecified atom stereocenters. The van der Waals surface area contributed by atoms with Gasteiger partial charge in [-0.2, -0.15) is 0 Å². The van der Waals surface area contributed by atoms with Gasteiger partial charge in [0, 0.05) is 0 Å². The molecule has 0 amide bonds. The summed E-state index contributed by atoms with van der Waals surface area (Å²) in [6.45, 7) is 0. The fourth-order valence-corrected chi connectivity index (χ4v) is 0. The Morgan fingerprint density at radius 2 is 0.600 bits per heavy atom. The summed E-state index contributed by atoms with van der Waals surface area (Å²) < 4.78 is 0. The number of hydrogen-bond acceptors (Lipinski definition) is 0. The summed E-state index contributed by atoms with van der Waals surface area (Å²) in [7, 11) is 0. The molecule has 0 saturated heterocycles. The van der Waals surface area contributed by atoms with Crippen molar-refractivity contribution in [2.24, 2.45) is 0 Å². The first-order valence-electron chi connectivity index (χ1n) is 0. The van der Waals surface area contributed by atoms with Crippen molar-refractivity contribution in [1.29, 1.82) is 0 Å². The molecule has 0 aromatic rings. The molecule has 32 valence electrons. The molecular formula is H3BaCl3S. The van der Waals surface area contributed by atoms with Crippen LogP contribution in [0.25, 0.3) is 0 Å². The van der Waals surface area contributed by atoms with Crippen molar-refractivity contribution < 1.29 is 0 Å². The maximum absolute atomic E-state index is 0. The maximum atomic E-state index is 0. The van der Waals surface area contributed by atoms with Gasteiger partial charge in [-0.3, -0.25) is 0 Å². The van der Waals surface area contributed by atoms with Crippen LogP contribution < -0.4 is 0 Å². The summed E-state index contributed by atoms with van der Waals surface area (Å²) in [6, 6.07) is 0. The summed E-state index contributed by atoms with van der Waals surface area (Å²) in [5.74, 6) is 0. The minimum Gasteiger partial charge on any atom is -2.00 e. The average molecular weight is 279 g/mol. The molecule has 0 heterocycles. The Balaban J connectivity index is 0. The zero-order chi connectivity index (χ0) is 0. The Bertz CT molecular complexity index is 6.85. The van der Waals surface area contributed by atoms with Crippen LogP contribution in [0.4, 0.5) is 0 Å². The van der Waals surface area contributed by atoms with Crippen LogP contribution in [-0.4, -0.2) is 48.9 Å². The Morgan fingerprint density at radius 1 is 0.600 bits per heavy atom. The minimum atomic E-state index is 0. The van der Waals surface area contributed by atoms with E-state index >= 15 is 0 Å². The van der Waals surface area contributed by atoms with Crippen LogP contribution in [0.1, 0.15) is 0 Å². The molecule has 0 radical (unpaired) electrons. The third-order valence-corrected chi connectivity index (χ3v) is 0. The van der Waals surface area contributed by atoms with E-state index in [0.717, 1.165) is 0 Å². The number of rotatable bonds is 0. The predicted octanol–water partition coefficient (Wildman–Crippen LogP) is 0.882. The van der Waals surface area contributed by atoms with E-state index in [-0.39, 0.29) is 99.6 Å². The molecule has 0 spiro atoms. The fourth-order valence-electron chi connectivity index (χ4n) is 0. The summed E-state index contributed by atoms with van der Waals surface area (Å²) in [6.07, 6.45) is 0. The fraction of sp³-hybridized carbons (Fsp3) is 0. The molecule has 0 aromatic heterocycles. The molecule has 0 nitrogen and oxygen atoms in total. The molecule has 0 saturated carbocycles. The van der Waals surface area contributed by atoms with Gasteiger partial charge in [-0.05, 0) is 0 Å². The smallest absolute Gasteiger partial charge is 2.00 e. The summed E-state index contributed by atoms with van der Waals surface area (Å²) in [5, 5.41) is 0. The van der Waals surface area contributed by atoms with Crippen LogP contribution in [0, 0.1) is 0 Å². The second-order valence-electron chi connectivity index (χ2n) is 0. The van der Waals surface area contributed by atoms with Gasteiger partial charge in [-0.15, -0.1) is 37.2 Å². The van der Waals surface area contributed by atoms with Crippen molar-refractivity contribution in [2.45, 2.75) is 0 Å². The van der Waals surface area contributed by atoms with Gasteiger partial charge in [0.25, 0.3) is 0 Å². The quantitative estimate of drug-likeness (QED) is 0.577. The third-order valence-electron chi connectivity index (χ3n) is 0. The molecule has 0 N–H and O–H groups in total. The second kappa shape index (κ2) is 29.2. The minimum absolute atomic E-state index is 0. The van der Waals surface area contributed by atoms with Crippen LogP contribution in [0.15, 0.2) is 0 Å². The first-order valence-corrected chi connectivity index (χ1v) is 0. The van der Waals surface area contributed by atoms with E-state index in [1.54, 1.807) is 0 Å². The molecular weight excluding hydrogens is 276 g/mol. The van der Waals surface area contributed by atoms with Crippen molar-refractivity contribution in [2.75, 3.05) is 0 Å². The summed E-state index contributed by atoms with van der Waals surface area (Å²) in [4.78, 5) is 0. The van der Waals surface area contributed by atoms with Crippen LogP contribution in [0.3, 0.4) is 0 Å². The van der Waals surface area contributed by atoms with E-state index in [0.29, 0.717) is 0 Å². The van der Waals surface area contributed by atoms with Gasteiger partial charge in [0.2, 0.25) is 0 Å². The Kier molecular flexibility index (Phi) is 270. The summed E-state index contributed by atoms with van der Waals surface area (Å²) >= 11 is 0. The van der Waals surface area contributed by atoms with Crippen LogP contribution in [-0.2, 0) is 13.5 Å². The topological polar surface area (TPSA) is 0 Å². The van der Waals surface area contributed by atoms with E-state index in [2.05, 4.69) is 0 Å². The molecule has 0 rings (SSSR count). The van der Waals surface area contributed by atoms with Gasteiger partial charge < -0.3 is 13.5 Å². The third kappa shape index (κ3) is 20.0. The van der Waals surface area contributed by atoms with Crippen molar-refractivity contribution >= 4 is 99.6 Å². The SMILES string of the molecule is Cl.Cl.Cl.[Ba+2].[S-2]. The average Bonchev–Trinajstić information content (AvgIpc) is 0. The Hall–Kier alpha value is 2.79. The molecule has 0 aliphatic heterocycles. The van der Waals surface area contributed by atoms with Gasteiger partial charge in [-0.1, -0.05) is 0 Å². The molecule has 0 aliphatic rings. The number of hydrogen-bond donors (Lipinski definition) is 0. The standard InChI is InChI=1S/Ba.3ClH.S/h;3*1H;/q+2;;;;-2. The predicted molar refractivity (Wildman–Crippen MR) is 34.9 cm³/mol. The summed E-state index contributed by atoms with van der Waals surface area (Å²) in [5.41, 5.74) is 0. The van der Waals surface area contributed by atoms with E-state index in [1.807, 2.05) is 0 Å². The van der Waals surface area contributed by atoms with E-state index in [4.69, 9.17) is 0 Å². The molecule has 5 heavy (non-hydrogen) atoms. The van der Waals surface area contributed by atoms with Gasteiger partial charge in [-0.25, -0.2) is 0 Å². The first-order chi connectivity index (χ1) is 0. The van der Waals surface area contributed by atoms with E-state index in [9.17, 15) is 0 Å². The van der Waals surface area contributed by atoms with Crippen molar-refractivity contribution in [1.82, 2.24) is 0 Å². The molecule has 0 aromatic carbocycles. The largest absolute Gasteiger partial charge is 2.00 e. The Morgan fingerprint density at radius 3 is 0.600 bits per heavy atom. The Labute approximate surface area is 97.6 Å². The van der Waals surface area contributed by atoms with Crippen LogP contribution in [0.2, 0.25) is 0 Å². The van der Waals surface area contributed by atoms with E-state index in [1.165, 1.54) is 0 Å². The zero-order valence-electron chi connectivity index (χ0n) is 2.34. The molecule has 5 heteroatoms. The van der Waals surface area contributed by atoms with E-state index < -0.39 is 0 Å². The molecule has 0 bridgehead atoms. The molecule has 0 fully saturated rings. The van der Waals surface area contributed by atoms with Crippen molar-refractivity contribution in [3.05, 3.63) is 0 Å². The number of halogens is 3. The molecule has 0 aliphatic carbocycles. The van der Waals surface area contributed by atoms with Crippen molar-refractivity contribution in [3.8, 4) is 0 Å². The van der Waals surface area contributed by atoms with Gasteiger partial charge >= 0.3 is 48.9 Å². The molecule has 0 atom stereocenters. The van der Waals surface area contributed by atoms with Crippen LogP contribution in [0.5, 0.6) is 0 Å². The maximum Gasteiger partial charge on any atom is 2.00 e. The van der Waals surface area contributed by atoms with Gasteiger partial charge in [0.1, 0.15) is 0 Å². The first kappa shape index (κ1) is 46.1. The normalized spacial score (nSPS) is 0.